The SMILES string of the molecule is CC(C)c1cc(C(C)C)c(C(=O)C(=C=O)c2c(C(C)C)cc(C(C)C)cc2C(C)C)c(C(C)C)c1. The van der Waals surface area contributed by atoms with Crippen molar-refractivity contribution in [2.75, 3.05) is 0 Å². The van der Waals surface area contributed by atoms with E-state index in [0.717, 1.165) is 27.8 Å². The van der Waals surface area contributed by atoms with E-state index in [4.69, 9.17) is 0 Å². The molecule has 0 saturated heterocycles. The van der Waals surface area contributed by atoms with Crippen LogP contribution in [0.3, 0.4) is 0 Å². The third kappa shape index (κ3) is 6.04. The molecule has 0 saturated carbocycles. The number of carbonyl (C=O) groups is 1. The first kappa shape index (κ1) is 28.8. The van der Waals surface area contributed by atoms with E-state index < -0.39 is 0 Å². The zero-order valence-corrected chi connectivity index (χ0v) is 24.1. The third-order valence-corrected chi connectivity index (χ3v) is 7.07. The fourth-order valence-electron chi connectivity index (χ4n) is 4.80. The van der Waals surface area contributed by atoms with Crippen molar-refractivity contribution in [3.05, 3.63) is 68.8 Å². The Kier molecular flexibility index (Phi) is 9.49. The van der Waals surface area contributed by atoms with E-state index in [1.165, 1.54) is 11.1 Å². The van der Waals surface area contributed by atoms with Crippen LogP contribution in [0.15, 0.2) is 24.3 Å². The van der Waals surface area contributed by atoms with Gasteiger partial charge in [-0.2, -0.15) is 0 Å². The summed E-state index contributed by atoms with van der Waals surface area (Å²) in [4.78, 5) is 27.0. The van der Waals surface area contributed by atoms with Crippen LogP contribution >= 0.6 is 0 Å². The molecule has 0 radical (unpaired) electrons. The second-order valence-corrected chi connectivity index (χ2v) is 11.9. The minimum atomic E-state index is -0.191. The minimum absolute atomic E-state index is 0.163. The number of hydrogen-bond donors (Lipinski definition) is 0. The summed E-state index contributed by atoms with van der Waals surface area (Å²) in [6.07, 6.45) is 0. The quantitative estimate of drug-likeness (QED) is 0.206. The summed E-state index contributed by atoms with van der Waals surface area (Å²) >= 11 is 0. The molecule has 0 heterocycles. The molecule has 0 aliphatic carbocycles. The van der Waals surface area contributed by atoms with Gasteiger partial charge in [-0.1, -0.05) is 107 Å². The zero-order valence-electron chi connectivity index (χ0n) is 24.1. The number of ketones is 1. The fraction of sp³-hybridized carbons (Fsp3) is 0.545. The van der Waals surface area contributed by atoms with Crippen LogP contribution in [-0.4, -0.2) is 11.7 Å². The molecule has 0 aliphatic rings. The van der Waals surface area contributed by atoms with Crippen molar-refractivity contribution in [1.82, 2.24) is 0 Å². The molecule has 0 aromatic heterocycles. The third-order valence-electron chi connectivity index (χ3n) is 7.07. The number of hydrogen-bond acceptors (Lipinski definition) is 2. The Morgan fingerprint density at radius 2 is 0.800 bits per heavy atom. The van der Waals surface area contributed by atoms with Gasteiger partial charge in [0.2, 0.25) is 5.78 Å². The van der Waals surface area contributed by atoms with Crippen molar-refractivity contribution in [3.8, 4) is 0 Å². The fourth-order valence-corrected chi connectivity index (χ4v) is 4.80. The van der Waals surface area contributed by atoms with Gasteiger partial charge in [0.05, 0.1) is 0 Å². The van der Waals surface area contributed by atoms with Gasteiger partial charge < -0.3 is 0 Å². The highest BCUT2D eigenvalue weighted by molar-refractivity contribution is 6.36. The molecule has 2 heteroatoms. The highest BCUT2D eigenvalue weighted by Crippen LogP contribution is 2.39. The normalized spacial score (nSPS) is 11.9. The lowest BCUT2D eigenvalue weighted by Gasteiger charge is -2.25. The first-order valence-corrected chi connectivity index (χ1v) is 13.4. The van der Waals surface area contributed by atoms with Gasteiger partial charge in [-0.3, -0.25) is 4.79 Å². The lowest BCUT2D eigenvalue weighted by atomic mass is 9.77. The molecule has 0 unspecified atom stereocenters. The molecule has 2 aromatic carbocycles. The number of carbonyl (C=O) groups excluding carboxylic acids is 2. The molecule has 0 amide bonds. The summed E-state index contributed by atoms with van der Waals surface area (Å²) in [5.41, 5.74) is 8.29. The molecule has 0 fully saturated rings. The molecular formula is C33H46O2. The van der Waals surface area contributed by atoms with Crippen molar-refractivity contribution >= 4 is 17.3 Å². The number of Topliss-reactive ketones (excluding diaryl/α,β-unsaturated/α-hetero) is 1. The van der Waals surface area contributed by atoms with Crippen LogP contribution in [0.2, 0.25) is 0 Å². The molecule has 35 heavy (non-hydrogen) atoms. The van der Waals surface area contributed by atoms with Crippen LogP contribution in [0, 0.1) is 0 Å². The molecule has 0 bridgehead atoms. The number of allylic oxidation sites excluding steroid dienone is 1. The Morgan fingerprint density at radius 3 is 1.03 bits per heavy atom. The molecule has 190 valence electrons. The summed E-state index contributed by atoms with van der Waals surface area (Å²) in [5, 5.41) is 0. The monoisotopic (exact) mass is 474 g/mol. The summed E-state index contributed by atoms with van der Waals surface area (Å²) in [6, 6.07) is 8.72. The van der Waals surface area contributed by atoms with Crippen LogP contribution in [-0.2, 0) is 4.79 Å². The van der Waals surface area contributed by atoms with Crippen molar-refractivity contribution in [3.63, 3.8) is 0 Å². The van der Waals surface area contributed by atoms with E-state index in [9.17, 15) is 9.59 Å². The Balaban J connectivity index is 2.96. The van der Waals surface area contributed by atoms with Gasteiger partial charge in [0.15, 0.2) is 0 Å². The Hall–Kier alpha value is -2.44. The first-order chi connectivity index (χ1) is 16.2. The number of benzene rings is 2. The lowest BCUT2D eigenvalue weighted by Crippen LogP contribution is -2.17. The highest BCUT2D eigenvalue weighted by Gasteiger charge is 2.30. The van der Waals surface area contributed by atoms with E-state index in [1.807, 2.05) is 0 Å². The van der Waals surface area contributed by atoms with Gasteiger partial charge in [-0.25, -0.2) is 4.79 Å². The minimum Gasteiger partial charge on any atom is -0.288 e. The average Bonchev–Trinajstić information content (AvgIpc) is 2.77. The zero-order chi connectivity index (χ0) is 26.8. The van der Waals surface area contributed by atoms with E-state index in [0.29, 0.717) is 17.4 Å². The van der Waals surface area contributed by atoms with Gasteiger partial charge in [-0.15, -0.1) is 0 Å². The molecular weight excluding hydrogens is 428 g/mol. The van der Waals surface area contributed by atoms with Crippen molar-refractivity contribution in [2.45, 2.75) is 119 Å². The van der Waals surface area contributed by atoms with Crippen molar-refractivity contribution in [1.29, 1.82) is 0 Å². The van der Waals surface area contributed by atoms with Gasteiger partial charge in [-0.05, 0) is 68.9 Å². The van der Waals surface area contributed by atoms with E-state index in [2.05, 4.69) is 113 Å². The molecule has 2 rings (SSSR count). The molecule has 2 nitrogen and oxygen atoms in total. The Labute approximate surface area is 214 Å². The average molecular weight is 475 g/mol. The predicted octanol–water partition coefficient (Wildman–Crippen LogP) is 9.52. The van der Waals surface area contributed by atoms with Crippen molar-refractivity contribution < 1.29 is 9.59 Å². The largest absolute Gasteiger partial charge is 0.288 e. The smallest absolute Gasteiger partial charge is 0.205 e. The maximum absolute atomic E-state index is 14.4. The first-order valence-electron chi connectivity index (χ1n) is 13.4. The molecule has 0 spiro atoms. The maximum atomic E-state index is 14.4. The van der Waals surface area contributed by atoms with E-state index in [1.54, 1.807) is 0 Å². The lowest BCUT2D eigenvalue weighted by molar-refractivity contribution is 0.105. The van der Waals surface area contributed by atoms with Gasteiger partial charge >= 0.3 is 0 Å². The number of rotatable bonds is 9. The maximum Gasteiger partial charge on any atom is 0.205 e. The second-order valence-electron chi connectivity index (χ2n) is 11.9. The summed E-state index contributed by atoms with van der Waals surface area (Å²) in [7, 11) is 0. The predicted molar refractivity (Wildman–Crippen MR) is 151 cm³/mol. The second kappa shape index (κ2) is 11.5. The summed E-state index contributed by atoms with van der Waals surface area (Å²) in [5.74, 6) is 3.35. The van der Waals surface area contributed by atoms with Gasteiger partial charge in [0.25, 0.3) is 0 Å². The summed E-state index contributed by atoms with van der Waals surface area (Å²) in [6.45, 7) is 25.8. The summed E-state index contributed by atoms with van der Waals surface area (Å²) < 4.78 is 0. The van der Waals surface area contributed by atoms with Crippen molar-refractivity contribution in [2.24, 2.45) is 0 Å². The molecule has 0 aliphatic heterocycles. The molecule has 0 atom stereocenters. The topological polar surface area (TPSA) is 34.1 Å². The van der Waals surface area contributed by atoms with Gasteiger partial charge in [0.1, 0.15) is 11.5 Å². The van der Waals surface area contributed by atoms with E-state index >= 15 is 0 Å². The van der Waals surface area contributed by atoms with Crippen LogP contribution in [0.1, 0.15) is 168 Å². The Bertz CT molecular complexity index is 1060. The van der Waals surface area contributed by atoms with Gasteiger partial charge in [0, 0.05) is 11.1 Å². The Morgan fingerprint density at radius 1 is 0.514 bits per heavy atom. The van der Waals surface area contributed by atoms with E-state index in [-0.39, 0.29) is 35.0 Å². The van der Waals surface area contributed by atoms with Crippen LogP contribution in [0.5, 0.6) is 0 Å². The highest BCUT2D eigenvalue weighted by atomic mass is 16.1. The van der Waals surface area contributed by atoms with Crippen LogP contribution in [0.25, 0.3) is 5.57 Å². The molecule has 2 aromatic rings. The van der Waals surface area contributed by atoms with Crippen LogP contribution < -0.4 is 0 Å². The standard InChI is InChI=1S/C33H46O2/c1-18(2)24-13-26(20(5)6)31(27(14-24)21(7)8)30(17-34)33(35)32-28(22(9)10)15-25(19(3)4)16-29(32)23(11)12/h13-16,18-23H,1-12H3. The molecule has 0 N–H and O–H groups in total. The van der Waals surface area contributed by atoms with Crippen LogP contribution in [0.4, 0.5) is 0 Å².